The Morgan fingerprint density at radius 3 is 2.60 bits per heavy atom. The molecule has 2 aromatic rings. The van der Waals surface area contributed by atoms with Crippen molar-refractivity contribution in [2.24, 2.45) is 0 Å². The maximum absolute atomic E-state index is 12.8. The molecule has 1 aliphatic heterocycles. The molecule has 0 saturated carbocycles. The summed E-state index contributed by atoms with van der Waals surface area (Å²) in [7, 11) is 3.93. The van der Waals surface area contributed by atoms with E-state index < -0.39 is 0 Å². The van der Waals surface area contributed by atoms with Crippen LogP contribution in [0.15, 0.2) is 35.1 Å². The smallest absolute Gasteiger partial charge is 0.253 e. The number of nitrogens with zero attached hydrogens (tertiary/aromatic N) is 3. The van der Waals surface area contributed by atoms with E-state index in [4.69, 9.17) is 0 Å². The number of piperidine rings is 1. The molecule has 6 heteroatoms. The number of carbonyl (C=O) groups excluding carboxylic acids is 1. The van der Waals surface area contributed by atoms with E-state index in [0.29, 0.717) is 18.9 Å². The Kier molecular flexibility index (Phi) is 4.88. The molecule has 2 heterocycles. The van der Waals surface area contributed by atoms with E-state index in [1.807, 2.05) is 48.2 Å². The topological polar surface area (TPSA) is 69.3 Å². The number of likely N-dealkylation sites (tertiary alicyclic amines) is 1. The van der Waals surface area contributed by atoms with Crippen molar-refractivity contribution >= 4 is 11.6 Å². The molecule has 1 aromatic heterocycles. The number of amides is 1. The summed E-state index contributed by atoms with van der Waals surface area (Å²) < 4.78 is 0. The first-order valence-electron chi connectivity index (χ1n) is 8.58. The zero-order chi connectivity index (χ0) is 18.0. The molecule has 0 aliphatic carbocycles. The number of hydrogen-bond acceptors (Lipinski definition) is 4. The normalized spacial score (nSPS) is 15.2. The first kappa shape index (κ1) is 17.2. The predicted molar refractivity (Wildman–Crippen MR) is 98.2 cm³/mol. The lowest BCUT2D eigenvalue weighted by Gasteiger charge is -2.32. The van der Waals surface area contributed by atoms with Gasteiger partial charge in [0, 0.05) is 50.4 Å². The van der Waals surface area contributed by atoms with Gasteiger partial charge >= 0.3 is 0 Å². The van der Waals surface area contributed by atoms with E-state index in [9.17, 15) is 9.59 Å². The number of rotatable bonds is 3. The maximum Gasteiger partial charge on any atom is 0.253 e. The van der Waals surface area contributed by atoms with Gasteiger partial charge in [-0.25, -0.2) is 4.98 Å². The van der Waals surface area contributed by atoms with Crippen LogP contribution in [0.3, 0.4) is 0 Å². The summed E-state index contributed by atoms with van der Waals surface area (Å²) >= 11 is 0. The van der Waals surface area contributed by atoms with E-state index in [-0.39, 0.29) is 17.4 Å². The van der Waals surface area contributed by atoms with E-state index in [1.165, 1.54) is 0 Å². The molecule has 25 heavy (non-hydrogen) atoms. The summed E-state index contributed by atoms with van der Waals surface area (Å²) in [5.74, 6) is 0.942. The third kappa shape index (κ3) is 3.90. The van der Waals surface area contributed by atoms with Gasteiger partial charge in [0.2, 0.25) is 0 Å². The maximum atomic E-state index is 12.8. The Morgan fingerprint density at radius 2 is 1.96 bits per heavy atom. The van der Waals surface area contributed by atoms with Crippen molar-refractivity contribution in [3.63, 3.8) is 0 Å². The van der Waals surface area contributed by atoms with Crippen molar-refractivity contribution < 1.29 is 4.79 Å². The minimum absolute atomic E-state index is 0.0669. The van der Waals surface area contributed by atoms with Gasteiger partial charge in [0.15, 0.2) is 0 Å². The van der Waals surface area contributed by atoms with Gasteiger partial charge in [-0.2, -0.15) is 0 Å². The standard InChI is InChI=1S/C19H24N4O2/c1-13-20-17(12-18(24)21-13)14-7-9-23(10-8-14)19(25)15-5-4-6-16(11-15)22(2)3/h4-6,11-12,14H,7-10H2,1-3H3,(H,20,21,24). The number of aromatic amines is 1. The van der Waals surface area contributed by atoms with Crippen LogP contribution >= 0.6 is 0 Å². The van der Waals surface area contributed by atoms with Crippen LogP contribution in [0.2, 0.25) is 0 Å². The van der Waals surface area contributed by atoms with Crippen molar-refractivity contribution in [3.05, 3.63) is 57.8 Å². The highest BCUT2D eigenvalue weighted by Crippen LogP contribution is 2.27. The van der Waals surface area contributed by atoms with Crippen LogP contribution in [0.1, 0.15) is 40.6 Å². The molecule has 0 radical (unpaired) electrons. The number of hydrogen-bond donors (Lipinski definition) is 1. The summed E-state index contributed by atoms with van der Waals surface area (Å²) in [6, 6.07) is 9.27. The lowest BCUT2D eigenvalue weighted by Crippen LogP contribution is -2.38. The Bertz CT molecular complexity index is 820. The van der Waals surface area contributed by atoms with Gasteiger partial charge < -0.3 is 14.8 Å². The SMILES string of the molecule is Cc1nc(C2CCN(C(=O)c3cccc(N(C)C)c3)CC2)cc(=O)[nH]1. The highest BCUT2D eigenvalue weighted by Gasteiger charge is 2.25. The quantitative estimate of drug-likeness (QED) is 0.930. The molecule has 3 rings (SSSR count). The molecule has 1 amide bonds. The molecule has 1 aromatic carbocycles. The van der Waals surface area contributed by atoms with E-state index >= 15 is 0 Å². The lowest BCUT2D eigenvalue weighted by atomic mass is 9.93. The zero-order valence-corrected chi connectivity index (χ0v) is 15.0. The van der Waals surface area contributed by atoms with Gasteiger partial charge in [-0.15, -0.1) is 0 Å². The average molecular weight is 340 g/mol. The van der Waals surface area contributed by atoms with E-state index in [1.54, 1.807) is 13.0 Å². The van der Waals surface area contributed by atoms with Crippen molar-refractivity contribution in [2.45, 2.75) is 25.7 Å². The number of aryl methyl sites for hydroxylation is 1. The van der Waals surface area contributed by atoms with Crippen LogP contribution in [-0.4, -0.2) is 48.0 Å². The van der Waals surface area contributed by atoms with Crippen molar-refractivity contribution in [1.82, 2.24) is 14.9 Å². The highest BCUT2D eigenvalue weighted by atomic mass is 16.2. The van der Waals surface area contributed by atoms with Crippen LogP contribution in [0.4, 0.5) is 5.69 Å². The number of H-pyrrole nitrogens is 1. The van der Waals surface area contributed by atoms with Gasteiger partial charge in [-0.3, -0.25) is 9.59 Å². The molecule has 132 valence electrons. The van der Waals surface area contributed by atoms with Crippen molar-refractivity contribution in [1.29, 1.82) is 0 Å². The molecule has 0 unspecified atom stereocenters. The summed E-state index contributed by atoms with van der Waals surface area (Å²) in [5.41, 5.74) is 2.46. The Balaban J connectivity index is 1.68. The number of aromatic nitrogens is 2. The number of nitrogens with one attached hydrogen (secondary N) is 1. The molecule has 0 spiro atoms. The number of benzene rings is 1. The molecule has 0 atom stereocenters. The van der Waals surface area contributed by atoms with Crippen LogP contribution in [0, 0.1) is 6.92 Å². The molecular formula is C19H24N4O2. The molecule has 1 saturated heterocycles. The first-order valence-corrected chi connectivity index (χ1v) is 8.58. The largest absolute Gasteiger partial charge is 0.378 e. The Labute approximate surface area is 147 Å². The summed E-state index contributed by atoms with van der Waals surface area (Å²) in [5, 5.41) is 0. The number of anilines is 1. The van der Waals surface area contributed by atoms with E-state index in [0.717, 1.165) is 29.8 Å². The molecule has 1 aliphatic rings. The summed E-state index contributed by atoms with van der Waals surface area (Å²) in [4.78, 5) is 35.4. The lowest BCUT2D eigenvalue weighted by molar-refractivity contribution is 0.0712. The van der Waals surface area contributed by atoms with Crippen LogP contribution < -0.4 is 10.5 Å². The summed E-state index contributed by atoms with van der Waals surface area (Å²) in [6.45, 7) is 3.16. The fourth-order valence-electron chi connectivity index (χ4n) is 3.29. The van der Waals surface area contributed by atoms with Crippen LogP contribution in [0.25, 0.3) is 0 Å². The fraction of sp³-hybridized carbons (Fsp3) is 0.421. The molecule has 0 bridgehead atoms. The minimum Gasteiger partial charge on any atom is -0.378 e. The number of carbonyl (C=O) groups is 1. The third-order valence-corrected chi connectivity index (χ3v) is 4.69. The second-order valence-electron chi connectivity index (χ2n) is 6.77. The van der Waals surface area contributed by atoms with E-state index in [2.05, 4.69) is 9.97 Å². The highest BCUT2D eigenvalue weighted by molar-refractivity contribution is 5.95. The van der Waals surface area contributed by atoms with Crippen LogP contribution in [-0.2, 0) is 0 Å². The monoisotopic (exact) mass is 340 g/mol. The van der Waals surface area contributed by atoms with Crippen molar-refractivity contribution in [3.8, 4) is 0 Å². The fourth-order valence-corrected chi connectivity index (χ4v) is 3.29. The summed E-state index contributed by atoms with van der Waals surface area (Å²) in [6.07, 6.45) is 1.66. The Morgan fingerprint density at radius 1 is 1.24 bits per heavy atom. The molecule has 6 nitrogen and oxygen atoms in total. The van der Waals surface area contributed by atoms with Crippen molar-refractivity contribution in [2.75, 3.05) is 32.1 Å². The predicted octanol–water partition coefficient (Wildman–Crippen LogP) is 2.16. The van der Waals surface area contributed by atoms with Gasteiger partial charge in [0.05, 0.1) is 5.69 Å². The van der Waals surface area contributed by atoms with Crippen LogP contribution in [0.5, 0.6) is 0 Å². The second-order valence-corrected chi connectivity index (χ2v) is 6.77. The zero-order valence-electron chi connectivity index (χ0n) is 15.0. The van der Waals surface area contributed by atoms with Gasteiger partial charge in [0.1, 0.15) is 5.82 Å². The molecule has 1 N–H and O–H groups in total. The molecule has 1 fully saturated rings. The van der Waals surface area contributed by atoms with Gasteiger partial charge in [-0.05, 0) is 38.0 Å². The van der Waals surface area contributed by atoms with Gasteiger partial charge in [0.25, 0.3) is 11.5 Å². The minimum atomic E-state index is -0.110. The third-order valence-electron chi connectivity index (χ3n) is 4.69. The average Bonchev–Trinajstić information content (AvgIpc) is 2.60. The van der Waals surface area contributed by atoms with Gasteiger partial charge in [-0.1, -0.05) is 6.07 Å². The molecular weight excluding hydrogens is 316 g/mol. The first-order chi connectivity index (χ1) is 11.9. The Hall–Kier alpha value is -2.63. The second kappa shape index (κ2) is 7.09.